The van der Waals surface area contributed by atoms with Gasteiger partial charge in [0.2, 0.25) is 5.91 Å². The Labute approximate surface area is 202 Å². The molecule has 2 atom stereocenters. The maximum absolute atomic E-state index is 13.6. The van der Waals surface area contributed by atoms with Crippen molar-refractivity contribution in [2.75, 3.05) is 7.05 Å². The van der Waals surface area contributed by atoms with Crippen LogP contribution in [0.1, 0.15) is 58.0 Å². The molecule has 1 saturated carbocycles. The zero-order valence-corrected chi connectivity index (χ0v) is 19.9. The number of nitriles is 1. The van der Waals surface area contributed by atoms with Gasteiger partial charge in [0.25, 0.3) is 0 Å². The van der Waals surface area contributed by atoms with Gasteiger partial charge in [-0.15, -0.1) is 11.3 Å². The first-order chi connectivity index (χ1) is 16.4. The average Bonchev–Trinajstić information content (AvgIpc) is 3.60. The third kappa shape index (κ3) is 3.13. The molecule has 7 heteroatoms. The summed E-state index contributed by atoms with van der Waals surface area (Å²) >= 11 is 1.60. The minimum absolute atomic E-state index is 0.0658. The molecule has 3 aromatic rings. The molecule has 6 nitrogen and oxygen atoms in total. The lowest BCUT2D eigenvalue weighted by atomic mass is 9.77. The zero-order chi connectivity index (χ0) is 23.6. The van der Waals surface area contributed by atoms with Gasteiger partial charge in [0.15, 0.2) is 5.96 Å². The van der Waals surface area contributed by atoms with E-state index in [4.69, 9.17) is 15.5 Å². The minimum Gasteiger partial charge on any atom is -0.487 e. The summed E-state index contributed by atoms with van der Waals surface area (Å²) in [5.74, 6) is 1.07. The van der Waals surface area contributed by atoms with Crippen molar-refractivity contribution in [3.05, 3.63) is 75.0 Å². The normalized spacial score (nSPS) is 23.4. The molecule has 1 aromatic heterocycles. The Kier molecular flexibility index (Phi) is 4.58. The van der Waals surface area contributed by atoms with Crippen molar-refractivity contribution >= 4 is 23.2 Å². The van der Waals surface area contributed by atoms with Crippen LogP contribution in [0.25, 0.3) is 11.1 Å². The molecule has 0 unspecified atom stereocenters. The van der Waals surface area contributed by atoms with Crippen LogP contribution in [-0.4, -0.2) is 23.8 Å². The molecular weight excluding hydrogens is 444 g/mol. The highest BCUT2D eigenvalue weighted by atomic mass is 32.1. The monoisotopic (exact) mass is 468 g/mol. The first-order valence-corrected chi connectivity index (χ1v) is 12.2. The van der Waals surface area contributed by atoms with E-state index in [0.717, 1.165) is 32.2 Å². The number of thiophene rings is 1. The minimum atomic E-state index is -0.857. The molecule has 0 bridgehead atoms. The summed E-state index contributed by atoms with van der Waals surface area (Å²) in [5.41, 5.74) is 10.2. The van der Waals surface area contributed by atoms with Gasteiger partial charge in [0.1, 0.15) is 17.9 Å². The van der Waals surface area contributed by atoms with Crippen LogP contribution in [0.4, 0.5) is 0 Å². The molecule has 0 saturated heterocycles. The van der Waals surface area contributed by atoms with Crippen LogP contribution in [0.15, 0.2) is 53.5 Å². The Balaban J connectivity index is 1.48. The number of fused-ring (bicyclic) bond motifs is 3. The van der Waals surface area contributed by atoms with Crippen LogP contribution in [0.2, 0.25) is 0 Å². The van der Waals surface area contributed by atoms with Gasteiger partial charge in [0.05, 0.1) is 22.4 Å². The van der Waals surface area contributed by atoms with Crippen molar-refractivity contribution in [1.29, 1.82) is 5.26 Å². The van der Waals surface area contributed by atoms with Gasteiger partial charge in [-0.1, -0.05) is 24.3 Å². The summed E-state index contributed by atoms with van der Waals surface area (Å²) in [6.45, 7) is 2.44. The number of rotatable bonds is 3. The molecule has 2 N–H and O–H groups in total. The summed E-state index contributed by atoms with van der Waals surface area (Å²) in [4.78, 5) is 21.9. The van der Waals surface area contributed by atoms with Crippen LogP contribution in [0, 0.1) is 11.3 Å². The highest BCUT2D eigenvalue weighted by molar-refractivity contribution is 7.12. The maximum atomic E-state index is 13.6. The van der Waals surface area contributed by atoms with Crippen molar-refractivity contribution in [2.45, 2.75) is 43.7 Å². The molecule has 0 spiro atoms. The Morgan fingerprint density at radius 2 is 1.88 bits per heavy atom. The molecule has 6 rings (SSSR count). The van der Waals surface area contributed by atoms with E-state index in [1.54, 1.807) is 24.5 Å². The van der Waals surface area contributed by atoms with Crippen molar-refractivity contribution in [1.82, 2.24) is 4.90 Å². The molecule has 170 valence electrons. The summed E-state index contributed by atoms with van der Waals surface area (Å²) in [6.07, 6.45) is 2.47. The van der Waals surface area contributed by atoms with E-state index in [-0.39, 0.29) is 11.9 Å². The number of carbonyl (C=O) groups is 1. The lowest BCUT2D eigenvalue weighted by molar-refractivity contribution is -0.130. The number of carbonyl (C=O) groups excluding carboxylic acids is 1. The Bertz CT molecular complexity index is 1400. The second-order valence-electron chi connectivity index (χ2n) is 9.45. The number of likely N-dealkylation sites (N-methyl/N-ethyl adjacent to an activating group) is 1. The van der Waals surface area contributed by atoms with Gasteiger partial charge >= 0.3 is 0 Å². The standard InChI is InChI=1S/C27H24N4O2S/c1-27(23-12-20-19-11-15(13-28)3-10-21(19)33-14-22(20)34-23)24(25(32)31(2)26(29)30-27)18-8-6-17(7-9-18)16-4-5-16/h3,6-12,16,24H,4-5,14H2,1-2H3,(H2,29,30)/t24-,27+/m0/s1. The van der Waals surface area contributed by atoms with E-state index in [2.05, 4.69) is 36.4 Å². The fourth-order valence-corrected chi connectivity index (χ4v) is 6.27. The number of nitrogens with two attached hydrogens (primary N) is 1. The van der Waals surface area contributed by atoms with Crippen molar-refractivity contribution in [2.24, 2.45) is 10.7 Å². The summed E-state index contributed by atoms with van der Waals surface area (Å²) < 4.78 is 5.96. The van der Waals surface area contributed by atoms with Crippen LogP contribution in [0.5, 0.6) is 5.75 Å². The van der Waals surface area contributed by atoms with E-state index in [9.17, 15) is 10.1 Å². The van der Waals surface area contributed by atoms with Crippen LogP contribution < -0.4 is 10.5 Å². The molecule has 1 aliphatic carbocycles. The molecule has 0 radical (unpaired) electrons. The predicted molar refractivity (Wildman–Crippen MR) is 132 cm³/mol. The first-order valence-electron chi connectivity index (χ1n) is 11.4. The van der Waals surface area contributed by atoms with E-state index >= 15 is 0 Å². The maximum Gasteiger partial charge on any atom is 0.239 e. The lowest BCUT2D eigenvalue weighted by Gasteiger charge is -2.40. The van der Waals surface area contributed by atoms with Gasteiger partial charge in [-0.3, -0.25) is 9.69 Å². The van der Waals surface area contributed by atoms with E-state index < -0.39 is 11.5 Å². The fourth-order valence-electron chi connectivity index (χ4n) is 5.06. The number of aliphatic imine (C=N–C) groups is 1. The van der Waals surface area contributed by atoms with E-state index in [1.807, 2.05) is 19.1 Å². The lowest BCUT2D eigenvalue weighted by Crippen LogP contribution is -2.52. The number of ether oxygens (including phenoxy) is 1. The van der Waals surface area contributed by atoms with Crippen molar-refractivity contribution in [3.8, 4) is 22.9 Å². The van der Waals surface area contributed by atoms with Gasteiger partial charge in [-0.2, -0.15) is 5.26 Å². The number of guanidine groups is 1. The second kappa shape index (κ2) is 7.44. The Morgan fingerprint density at radius 1 is 1.15 bits per heavy atom. The molecule has 2 aliphatic heterocycles. The van der Waals surface area contributed by atoms with E-state index in [0.29, 0.717) is 18.1 Å². The number of hydrogen-bond acceptors (Lipinski definition) is 6. The second-order valence-corrected chi connectivity index (χ2v) is 10.6. The average molecular weight is 469 g/mol. The first kappa shape index (κ1) is 20.9. The molecule has 3 aliphatic rings. The third-order valence-electron chi connectivity index (χ3n) is 7.21. The highest BCUT2D eigenvalue weighted by Gasteiger charge is 2.48. The quantitative estimate of drug-likeness (QED) is 0.595. The summed E-state index contributed by atoms with van der Waals surface area (Å²) in [6, 6.07) is 18.2. The molecule has 2 aromatic carbocycles. The number of nitrogens with zero attached hydrogens (tertiary/aromatic N) is 3. The van der Waals surface area contributed by atoms with Crippen LogP contribution in [0.3, 0.4) is 0 Å². The molecule has 34 heavy (non-hydrogen) atoms. The molecular formula is C27H24N4O2S. The predicted octanol–water partition coefficient (Wildman–Crippen LogP) is 4.84. The smallest absolute Gasteiger partial charge is 0.239 e. The van der Waals surface area contributed by atoms with Crippen LogP contribution in [-0.2, 0) is 16.9 Å². The van der Waals surface area contributed by atoms with Crippen molar-refractivity contribution in [3.63, 3.8) is 0 Å². The van der Waals surface area contributed by atoms with E-state index in [1.165, 1.54) is 23.3 Å². The summed E-state index contributed by atoms with van der Waals surface area (Å²) in [5, 5.41) is 9.38. The van der Waals surface area contributed by atoms with Crippen LogP contribution >= 0.6 is 11.3 Å². The molecule has 3 heterocycles. The fraction of sp³-hybridized carbons (Fsp3) is 0.296. The number of amides is 1. The summed E-state index contributed by atoms with van der Waals surface area (Å²) in [7, 11) is 1.68. The highest BCUT2D eigenvalue weighted by Crippen LogP contribution is 2.51. The number of hydrogen-bond donors (Lipinski definition) is 1. The Morgan fingerprint density at radius 3 is 2.59 bits per heavy atom. The third-order valence-corrected chi connectivity index (χ3v) is 8.55. The van der Waals surface area contributed by atoms with Gasteiger partial charge in [-0.25, -0.2) is 4.99 Å². The Hall–Kier alpha value is -3.63. The molecule has 1 fully saturated rings. The topological polar surface area (TPSA) is 91.7 Å². The van der Waals surface area contributed by atoms with Gasteiger partial charge in [0, 0.05) is 23.1 Å². The van der Waals surface area contributed by atoms with Gasteiger partial charge < -0.3 is 10.5 Å². The number of benzene rings is 2. The SMILES string of the molecule is CN1C(=O)[C@H](c2ccc(C3CC3)cc2)[C@@](C)(c2cc3c(s2)COc2ccc(C#N)cc2-3)N=C1N. The largest absolute Gasteiger partial charge is 0.487 e. The van der Waals surface area contributed by atoms with Crippen molar-refractivity contribution < 1.29 is 9.53 Å². The zero-order valence-electron chi connectivity index (χ0n) is 19.0. The van der Waals surface area contributed by atoms with Gasteiger partial charge in [-0.05, 0) is 61.1 Å². The molecule has 1 amide bonds.